The van der Waals surface area contributed by atoms with Gasteiger partial charge in [0.1, 0.15) is 0 Å². The Bertz CT molecular complexity index is 265. The fraction of sp³-hybridized carbons (Fsp3) is 1.00. The average Bonchev–Trinajstić information content (AvgIpc) is 2.85. The van der Waals surface area contributed by atoms with Gasteiger partial charge in [-0.3, -0.25) is 0 Å². The number of ether oxygens (including phenoxy) is 2. The molecule has 4 nitrogen and oxygen atoms in total. The molecule has 1 spiro atoms. The van der Waals surface area contributed by atoms with Gasteiger partial charge in [0.2, 0.25) is 0 Å². The first-order valence-electron chi connectivity index (χ1n) is 7.76. The lowest BCUT2D eigenvalue weighted by molar-refractivity contribution is -0.185. The number of piperidine rings is 1. The van der Waals surface area contributed by atoms with Crippen LogP contribution >= 0.6 is 0 Å². The Labute approximate surface area is 117 Å². The van der Waals surface area contributed by atoms with E-state index >= 15 is 0 Å². The van der Waals surface area contributed by atoms with E-state index in [4.69, 9.17) is 15.2 Å². The van der Waals surface area contributed by atoms with Crippen molar-refractivity contribution in [1.82, 2.24) is 4.90 Å². The minimum Gasteiger partial charge on any atom is -0.347 e. The molecule has 4 heteroatoms. The van der Waals surface area contributed by atoms with Crippen molar-refractivity contribution in [3.05, 3.63) is 0 Å². The Morgan fingerprint density at radius 1 is 1.11 bits per heavy atom. The van der Waals surface area contributed by atoms with Crippen LogP contribution in [0.5, 0.6) is 0 Å². The van der Waals surface area contributed by atoms with Crippen molar-refractivity contribution >= 4 is 0 Å². The van der Waals surface area contributed by atoms with Crippen LogP contribution in [-0.2, 0) is 9.47 Å². The number of hydrogen-bond acceptors (Lipinski definition) is 4. The standard InChI is InChI=1S/C15H30N2O2/c1-14(2,13-16)5-3-4-8-17-9-6-15(7-10-17)18-11-12-19-15/h3-13,16H2,1-2H3. The fourth-order valence-electron chi connectivity index (χ4n) is 2.94. The van der Waals surface area contributed by atoms with E-state index in [-0.39, 0.29) is 5.79 Å². The molecule has 0 aliphatic carbocycles. The van der Waals surface area contributed by atoms with E-state index in [0.29, 0.717) is 5.41 Å². The van der Waals surface area contributed by atoms with Crippen molar-refractivity contribution in [1.29, 1.82) is 0 Å². The summed E-state index contributed by atoms with van der Waals surface area (Å²) >= 11 is 0. The smallest absolute Gasteiger partial charge is 0.170 e. The summed E-state index contributed by atoms with van der Waals surface area (Å²) in [6.07, 6.45) is 5.84. The minimum atomic E-state index is -0.224. The van der Waals surface area contributed by atoms with Crippen LogP contribution < -0.4 is 5.73 Å². The minimum absolute atomic E-state index is 0.224. The zero-order valence-electron chi connectivity index (χ0n) is 12.6. The highest BCUT2D eigenvalue weighted by molar-refractivity contribution is 4.82. The fourth-order valence-corrected chi connectivity index (χ4v) is 2.94. The lowest BCUT2D eigenvalue weighted by Gasteiger charge is -2.37. The Morgan fingerprint density at radius 2 is 1.74 bits per heavy atom. The van der Waals surface area contributed by atoms with Crippen LogP contribution in [0.25, 0.3) is 0 Å². The van der Waals surface area contributed by atoms with Gasteiger partial charge < -0.3 is 20.1 Å². The van der Waals surface area contributed by atoms with E-state index < -0.39 is 0 Å². The third kappa shape index (κ3) is 4.42. The van der Waals surface area contributed by atoms with Crippen LogP contribution in [0.3, 0.4) is 0 Å². The molecule has 0 bridgehead atoms. The zero-order valence-corrected chi connectivity index (χ0v) is 12.6. The number of hydrogen-bond donors (Lipinski definition) is 1. The molecule has 0 aromatic rings. The molecule has 0 atom stereocenters. The first-order valence-corrected chi connectivity index (χ1v) is 7.76. The molecule has 2 rings (SSSR count). The maximum Gasteiger partial charge on any atom is 0.170 e. The lowest BCUT2D eigenvalue weighted by atomic mass is 9.87. The topological polar surface area (TPSA) is 47.7 Å². The van der Waals surface area contributed by atoms with E-state index in [1.165, 1.54) is 25.8 Å². The normalized spacial score (nSPS) is 24.2. The van der Waals surface area contributed by atoms with Gasteiger partial charge in [-0.05, 0) is 31.3 Å². The molecule has 2 N–H and O–H groups in total. The van der Waals surface area contributed by atoms with E-state index in [2.05, 4.69) is 18.7 Å². The first kappa shape index (κ1) is 15.2. The summed E-state index contributed by atoms with van der Waals surface area (Å²) in [5, 5.41) is 0. The molecule has 0 radical (unpaired) electrons. The van der Waals surface area contributed by atoms with Crippen LogP contribution in [0.15, 0.2) is 0 Å². The Morgan fingerprint density at radius 3 is 2.32 bits per heavy atom. The SMILES string of the molecule is CC(C)(CN)CCCCN1CCC2(CC1)OCCO2. The largest absolute Gasteiger partial charge is 0.347 e. The average molecular weight is 270 g/mol. The molecule has 0 aromatic heterocycles. The second-order valence-electron chi connectivity index (χ2n) is 6.77. The maximum atomic E-state index is 5.76. The number of nitrogens with zero attached hydrogens (tertiary/aromatic N) is 1. The Kier molecular flexibility index (Phi) is 5.23. The Balaban J connectivity index is 1.58. The molecule has 0 aromatic carbocycles. The molecule has 0 amide bonds. The highest BCUT2D eigenvalue weighted by Crippen LogP contribution is 2.31. The van der Waals surface area contributed by atoms with Gasteiger partial charge in [-0.25, -0.2) is 0 Å². The molecule has 2 saturated heterocycles. The number of unbranched alkanes of at least 4 members (excludes halogenated alkanes) is 1. The van der Waals surface area contributed by atoms with E-state index in [1.54, 1.807) is 0 Å². The molecule has 2 aliphatic rings. The third-order valence-electron chi connectivity index (χ3n) is 4.56. The molecule has 2 aliphatic heterocycles. The van der Waals surface area contributed by atoms with Crippen molar-refractivity contribution in [3.63, 3.8) is 0 Å². The molecule has 19 heavy (non-hydrogen) atoms. The van der Waals surface area contributed by atoms with Gasteiger partial charge in [0.05, 0.1) is 13.2 Å². The van der Waals surface area contributed by atoms with E-state index in [1.807, 2.05) is 0 Å². The monoisotopic (exact) mass is 270 g/mol. The molecule has 112 valence electrons. The van der Waals surface area contributed by atoms with Crippen LogP contribution in [0.4, 0.5) is 0 Å². The molecule has 2 fully saturated rings. The zero-order chi connectivity index (χ0) is 13.8. The second-order valence-corrected chi connectivity index (χ2v) is 6.77. The van der Waals surface area contributed by atoms with Crippen molar-refractivity contribution in [2.75, 3.05) is 39.4 Å². The van der Waals surface area contributed by atoms with Gasteiger partial charge in [-0.1, -0.05) is 20.3 Å². The Hall–Kier alpha value is -0.160. The summed E-state index contributed by atoms with van der Waals surface area (Å²) in [7, 11) is 0. The second kappa shape index (κ2) is 6.53. The van der Waals surface area contributed by atoms with Crippen molar-refractivity contribution in [2.24, 2.45) is 11.1 Å². The maximum absolute atomic E-state index is 5.76. The van der Waals surface area contributed by atoms with E-state index in [0.717, 1.165) is 45.7 Å². The van der Waals surface area contributed by atoms with Crippen molar-refractivity contribution in [3.8, 4) is 0 Å². The highest BCUT2D eigenvalue weighted by atomic mass is 16.7. The van der Waals surface area contributed by atoms with Gasteiger partial charge in [0.15, 0.2) is 5.79 Å². The lowest BCUT2D eigenvalue weighted by Crippen LogP contribution is -2.45. The summed E-state index contributed by atoms with van der Waals surface area (Å²) in [5.74, 6) is -0.224. The molecular weight excluding hydrogens is 240 g/mol. The molecule has 2 heterocycles. The summed E-state index contributed by atoms with van der Waals surface area (Å²) in [5.41, 5.74) is 6.06. The third-order valence-corrected chi connectivity index (χ3v) is 4.56. The summed E-state index contributed by atoms with van der Waals surface area (Å²) < 4.78 is 11.5. The van der Waals surface area contributed by atoms with Gasteiger partial charge in [0, 0.05) is 25.9 Å². The van der Waals surface area contributed by atoms with Gasteiger partial charge in [-0.15, -0.1) is 0 Å². The molecular formula is C15H30N2O2. The number of nitrogens with two attached hydrogens (primary N) is 1. The summed E-state index contributed by atoms with van der Waals surface area (Å²) in [4.78, 5) is 2.55. The van der Waals surface area contributed by atoms with Crippen molar-refractivity contribution in [2.45, 2.75) is 51.7 Å². The summed E-state index contributed by atoms with van der Waals surface area (Å²) in [6, 6.07) is 0. The van der Waals surface area contributed by atoms with Crippen LogP contribution in [0.1, 0.15) is 46.0 Å². The number of likely N-dealkylation sites (tertiary alicyclic amines) is 1. The van der Waals surface area contributed by atoms with Crippen LogP contribution in [-0.4, -0.2) is 50.1 Å². The quantitative estimate of drug-likeness (QED) is 0.750. The van der Waals surface area contributed by atoms with Gasteiger partial charge in [0.25, 0.3) is 0 Å². The summed E-state index contributed by atoms with van der Waals surface area (Å²) in [6.45, 7) is 10.3. The van der Waals surface area contributed by atoms with Gasteiger partial charge >= 0.3 is 0 Å². The number of rotatable bonds is 6. The first-order chi connectivity index (χ1) is 9.05. The van der Waals surface area contributed by atoms with Gasteiger partial charge in [-0.2, -0.15) is 0 Å². The molecule has 0 saturated carbocycles. The van der Waals surface area contributed by atoms with Crippen LogP contribution in [0, 0.1) is 5.41 Å². The van der Waals surface area contributed by atoms with Crippen molar-refractivity contribution < 1.29 is 9.47 Å². The van der Waals surface area contributed by atoms with Crippen LogP contribution in [0.2, 0.25) is 0 Å². The predicted molar refractivity (Wildman–Crippen MR) is 77.0 cm³/mol. The predicted octanol–water partition coefficient (Wildman–Crippen LogP) is 1.98. The molecule has 0 unspecified atom stereocenters. The van der Waals surface area contributed by atoms with E-state index in [9.17, 15) is 0 Å². The highest BCUT2D eigenvalue weighted by Gasteiger charge is 2.39.